The molecule has 7 nitrogen and oxygen atoms in total. The Morgan fingerprint density at radius 1 is 0.909 bits per heavy atom. The molecule has 3 rings (SSSR count). The van der Waals surface area contributed by atoms with E-state index in [1.165, 1.54) is 24.3 Å². The summed E-state index contributed by atoms with van der Waals surface area (Å²) in [6.07, 6.45) is 0.413. The van der Waals surface area contributed by atoms with Crippen LogP contribution in [0.25, 0.3) is 0 Å². The molecule has 3 aromatic rings. The first kappa shape index (κ1) is 23.7. The van der Waals surface area contributed by atoms with Crippen LogP contribution in [0.4, 0.5) is 14.9 Å². The Hall–Kier alpha value is -3.91. The van der Waals surface area contributed by atoms with Gasteiger partial charge in [0.25, 0.3) is 0 Å². The highest BCUT2D eigenvalue weighted by Gasteiger charge is 2.14. The Bertz CT molecular complexity index is 1030. The standard InChI is InChI=1S/C25H26FN3O4/c26-19-8-12-21(13-9-19)33-22-14-10-20(11-15-22)29-24(30)23(27)7-4-16-28-25(31)32-17-18-5-2-1-3-6-18/h1-3,5-6,8-15,23H,4,7,16-17,27H2,(H,28,31)(H,29,30)/t23-/m0/s1. The van der Waals surface area contributed by atoms with Crippen LogP contribution in [0.15, 0.2) is 78.9 Å². The number of rotatable bonds is 10. The number of anilines is 1. The Kier molecular flexibility index (Phi) is 8.79. The SMILES string of the molecule is N[C@@H](CCCNC(=O)OCc1ccccc1)C(=O)Nc1ccc(Oc2ccc(F)cc2)cc1. The molecule has 172 valence electrons. The van der Waals surface area contributed by atoms with Crippen molar-refractivity contribution in [2.45, 2.75) is 25.5 Å². The molecule has 2 amide bonds. The Labute approximate surface area is 191 Å². The van der Waals surface area contributed by atoms with E-state index in [0.717, 1.165) is 5.56 Å². The zero-order valence-electron chi connectivity index (χ0n) is 18.0. The van der Waals surface area contributed by atoms with Crippen LogP contribution in [0.5, 0.6) is 11.5 Å². The van der Waals surface area contributed by atoms with Crippen molar-refractivity contribution in [2.75, 3.05) is 11.9 Å². The van der Waals surface area contributed by atoms with Gasteiger partial charge in [0.15, 0.2) is 0 Å². The highest BCUT2D eigenvalue weighted by atomic mass is 19.1. The number of amides is 2. The number of ether oxygens (including phenoxy) is 2. The lowest BCUT2D eigenvalue weighted by molar-refractivity contribution is -0.117. The number of halogens is 1. The largest absolute Gasteiger partial charge is 0.457 e. The van der Waals surface area contributed by atoms with Crippen molar-refractivity contribution >= 4 is 17.7 Å². The average Bonchev–Trinajstić information content (AvgIpc) is 2.83. The molecule has 1 atom stereocenters. The lowest BCUT2D eigenvalue weighted by atomic mass is 10.1. The van der Waals surface area contributed by atoms with Gasteiger partial charge in [0.2, 0.25) is 5.91 Å². The summed E-state index contributed by atoms with van der Waals surface area (Å²) in [6, 6.07) is 21.1. The van der Waals surface area contributed by atoms with Gasteiger partial charge in [-0.05, 0) is 66.9 Å². The van der Waals surface area contributed by atoms with Gasteiger partial charge in [-0.15, -0.1) is 0 Å². The van der Waals surface area contributed by atoms with Gasteiger partial charge in [0, 0.05) is 12.2 Å². The van der Waals surface area contributed by atoms with Gasteiger partial charge in [-0.25, -0.2) is 9.18 Å². The fraction of sp³-hybridized carbons (Fsp3) is 0.200. The van der Waals surface area contributed by atoms with Gasteiger partial charge in [0.1, 0.15) is 23.9 Å². The zero-order valence-corrected chi connectivity index (χ0v) is 18.0. The highest BCUT2D eigenvalue weighted by molar-refractivity contribution is 5.94. The second kappa shape index (κ2) is 12.2. The quantitative estimate of drug-likeness (QED) is 0.391. The molecule has 0 aliphatic rings. The van der Waals surface area contributed by atoms with E-state index in [-0.39, 0.29) is 18.3 Å². The van der Waals surface area contributed by atoms with Crippen LogP contribution >= 0.6 is 0 Å². The molecular weight excluding hydrogens is 425 g/mol. The lowest BCUT2D eigenvalue weighted by Crippen LogP contribution is -2.36. The van der Waals surface area contributed by atoms with E-state index in [1.54, 1.807) is 24.3 Å². The summed E-state index contributed by atoms with van der Waals surface area (Å²) in [5.41, 5.74) is 7.43. The molecule has 0 saturated carbocycles. The summed E-state index contributed by atoms with van der Waals surface area (Å²) >= 11 is 0. The minimum Gasteiger partial charge on any atom is -0.457 e. The second-order valence-corrected chi connectivity index (χ2v) is 7.31. The molecule has 0 heterocycles. The first-order valence-electron chi connectivity index (χ1n) is 10.5. The maximum atomic E-state index is 13.0. The number of nitrogens with two attached hydrogens (primary N) is 1. The second-order valence-electron chi connectivity index (χ2n) is 7.31. The number of carbonyl (C=O) groups excluding carboxylic acids is 2. The van der Waals surface area contributed by atoms with Crippen molar-refractivity contribution in [3.05, 3.63) is 90.2 Å². The molecular formula is C25H26FN3O4. The summed E-state index contributed by atoms with van der Waals surface area (Å²) < 4.78 is 23.7. The summed E-state index contributed by atoms with van der Waals surface area (Å²) in [6.45, 7) is 0.548. The molecule has 0 aliphatic heterocycles. The van der Waals surface area contributed by atoms with Gasteiger partial charge in [-0.1, -0.05) is 30.3 Å². The maximum absolute atomic E-state index is 13.0. The molecule has 0 bridgehead atoms. The van der Waals surface area contributed by atoms with Crippen molar-refractivity contribution < 1.29 is 23.5 Å². The molecule has 0 aliphatic carbocycles. The number of hydrogen-bond donors (Lipinski definition) is 3. The predicted molar refractivity (Wildman–Crippen MR) is 123 cm³/mol. The maximum Gasteiger partial charge on any atom is 0.407 e. The molecule has 0 saturated heterocycles. The average molecular weight is 451 g/mol. The summed E-state index contributed by atoms with van der Waals surface area (Å²) in [4.78, 5) is 24.0. The summed E-state index contributed by atoms with van der Waals surface area (Å²) in [7, 11) is 0. The number of carbonyl (C=O) groups is 2. The van der Waals surface area contributed by atoms with Crippen molar-refractivity contribution in [1.82, 2.24) is 5.32 Å². The van der Waals surface area contributed by atoms with Gasteiger partial charge >= 0.3 is 6.09 Å². The van der Waals surface area contributed by atoms with Crippen molar-refractivity contribution in [1.29, 1.82) is 0 Å². The molecule has 0 radical (unpaired) electrons. The number of hydrogen-bond acceptors (Lipinski definition) is 5. The van der Waals surface area contributed by atoms with Crippen LogP contribution in [-0.4, -0.2) is 24.6 Å². The summed E-state index contributed by atoms with van der Waals surface area (Å²) in [5.74, 6) is 0.395. The van der Waals surface area contributed by atoms with Gasteiger partial charge < -0.3 is 25.8 Å². The minimum atomic E-state index is -0.720. The van der Waals surface area contributed by atoms with Crippen LogP contribution in [-0.2, 0) is 16.1 Å². The smallest absolute Gasteiger partial charge is 0.407 e. The van der Waals surface area contributed by atoms with E-state index in [2.05, 4.69) is 10.6 Å². The first-order chi connectivity index (χ1) is 16.0. The zero-order chi connectivity index (χ0) is 23.5. The van der Waals surface area contributed by atoms with Crippen LogP contribution in [0.1, 0.15) is 18.4 Å². The van der Waals surface area contributed by atoms with Crippen LogP contribution < -0.4 is 21.1 Å². The highest BCUT2D eigenvalue weighted by Crippen LogP contribution is 2.23. The summed E-state index contributed by atoms with van der Waals surface area (Å²) in [5, 5.41) is 5.39. The third-order valence-corrected chi connectivity index (χ3v) is 4.68. The molecule has 0 aromatic heterocycles. The van der Waals surface area contributed by atoms with Crippen molar-refractivity contribution in [2.24, 2.45) is 5.73 Å². The first-order valence-corrected chi connectivity index (χ1v) is 10.5. The van der Waals surface area contributed by atoms with E-state index in [1.807, 2.05) is 30.3 Å². The molecule has 4 N–H and O–H groups in total. The molecule has 0 unspecified atom stereocenters. The Balaban J connectivity index is 1.33. The number of alkyl carbamates (subject to hydrolysis) is 1. The monoisotopic (exact) mass is 451 g/mol. The van der Waals surface area contributed by atoms with Gasteiger partial charge in [-0.3, -0.25) is 4.79 Å². The van der Waals surface area contributed by atoms with E-state index >= 15 is 0 Å². The van der Waals surface area contributed by atoms with Gasteiger partial charge in [0.05, 0.1) is 6.04 Å². The Morgan fingerprint density at radius 3 is 2.21 bits per heavy atom. The molecule has 33 heavy (non-hydrogen) atoms. The van der Waals surface area contributed by atoms with Crippen molar-refractivity contribution in [3.8, 4) is 11.5 Å². The van der Waals surface area contributed by atoms with Gasteiger partial charge in [-0.2, -0.15) is 0 Å². The number of nitrogens with one attached hydrogen (secondary N) is 2. The lowest BCUT2D eigenvalue weighted by Gasteiger charge is -2.13. The molecule has 8 heteroatoms. The van der Waals surface area contributed by atoms with E-state index in [9.17, 15) is 14.0 Å². The minimum absolute atomic E-state index is 0.197. The third kappa shape index (κ3) is 8.27. The topological polar surface area (TPSA) is 103 Å². The Morgan fingerprint density at radius 2 is 1.55 bits per heavy atom. The molecule has 0 spiro atoms. The van der Waals surface area contributed by atoms with Crippen LogP contribution in [0, 0.1) is 5.82 Å². The molecule has 0 fully saturated rings. The van der Waals surface area contributed by atoms with E-state index < -0.39 is 12.1 Å². The van der Waals surface area contributed by atoms with Crippen LogP contribution in [0.2, 0.25) is 0 Å². The van der Waals surface area contributed by atoms with E-state index in [0.29, 0.717) is 36.6 Å². The fourth-order valence-corrected chi connectivity index (χ4v) is 2.90. The third-order valence-electron chi connectivity index (χ3n) is 4.68. The van der Waals surface area contributed by atoms with Crippen molar-refractivity contribution in [3.63, 3.8) is 0 Å². The number of benzene rings is 3. The van der Waals surface area contributed by atoms with Crippen LogP contribution in [0.3, 0.4) is 0 Å². The predicted octanol–water partition coefficient (Wildman–Crippen LogP) is 4.59. The van der Waals surface area contributed by atoms with E-state index in [4.69, 9.17) is 15.2 Å². The normalized spacial score (nSPS) is 11.3. The molecule has 3 aromatic carbocycles. The fourth-order valence-electron chi connectivity index (χ4n) is 2.90.